The smallest absolute Gasteiger partial charge is 0.204 e. The molecule has 0 radical (unpaired) electrons. The number of fused-ring (bicyclic) bond motifs is 2. The summed E-state index contributed by atoms with van der Waals surface area (Å²) < 4.78 is 11.5. The fraction of sp³-hybridized carbons (Fsp3) is 0.235. The average molecular weight is 268 g/mol. The van der Waals surface area contributed by atoms with Gasteiger partial charge < -0.3 is 9.15 Å². The molecule has 102 valence electrons. The zero-order chi connectivity index (χ0) is 13.9. The number of hydrogen-bond acceptors (Lipinski definition) is 3. The predicted molar refractivity (Wildman–Crippen MR) is 80.4 cm³/mol. The standard InChI is InChI=1S/C17H16O3/c1-2-3-11-19-14-9-6-10-15-16(14)17(18)12-7-4-5-8-13(12)20-15/h4-10H,2-3,11H2,1H3. The number of ether oxygens (including phenoxy) is 1. The van der Waals surface area contributed by atoms with Crippen molar-refractivity contribution in [3.05, 3.63) is 52.7 Å². The summed E-state index contributed by atoms with van der Waals surface area (Å²) in [5, 5.41) is 1.12. The Bertz CT molecular complexity index is 802. The molecule has 0 N–H and O–H groups in total. The highest BCUT2D eigenvalue weighted by Gasteiger charge is 2.11. The quantitative estimate of drug-likeness (QED) is 0.527. The summed E-state index contributed by atoms with van der Waals surface area (Å²) in [4.78, 5) is 12.6. The lowest BCUT2D eigenvalue weighted by Crippen LogP contribution is -2.06. The van der Waals surface area contributed by atoms with Crippen LogP contribution in [0.1, 0.15) is 19.8 Å². The SMILES string of the molecule is CCCCOc1cccc2oc3ccccc3c(=O)c12. The van der Waals surface area contributed by atoms with Crippen LogP contribution in [0.5, 0.6) is 5.75 Å². The molecule has 3 nitrogen and oxygen atoms in total. The van der Waals surface area contributed by atoms with Crippen LogP contribution in [0.15, 0.2) is 51.7 Å². The molecule has 0 bridgehead atoms. The lowest BCUT2D eigenvalue weighted by atomic mass is 10.1. The third-order valence-electron chi connectivity index (χ3n) is 3.32. The summed E-state index contributed by atoms with van der Waals surface area (Å²) in [5.41, 5.74) is 1.15. The van der Waals surface area contributed by atoms with E-state index < -0.39 is 0 Å². The Hall–Kier alpha value is -2.29. The van der Waals surface area contributed by atoms with Crippen LogP contribution in [0, 0.1) is 0 Å². The van der Waals surface area contributed by atoms with E-state index in [1.807, 2.05) is 24.3 Å². The molecule has 3 aromatic rings. The normalized spacial score (nSPS) is 11.1. The molecule has 0 aliphatic carbocycles. The van der Waals surface area contributed by atoms with Crippen LogP contribution < -0.4 is 10.2 Å². The van der Waals surface area contributed by atoms with Gasteiger partial charge in [0.05, 0.1) is 12.0 Å². The molecule has 3 rings (SSSR count). The monoisotopic (exact) mass is 268 g/mol. The summed E-state index contributed by atoms with van der Waals surface area (Å²) in [6.07, 6.45) is 2.03. The van der Waals surface area contributed by atoms with E-state index in [1.165, 1.54) is 0 Å². The van der Waals surface area contributed by atoms with Crippen molar-refractivity contribution >= 4 is 21.9 Å². The largest absolute Gasteiger partial charge is 0.493 e. The molecule has 1 aromatic heterocycles. The molecular weight excluding hydrogens is 252 g/mol. The van der Waals surface area contributed by atoms with Gasteiger partial charge in [-0.1, -0.05) is 31.5 Å². The average Bonchev–Trinajstić information content (AvgIpc) is 2.48. The Morgan fingerprint density at radius 3 is 2.70 bits per heavy atom. The van der Waals surface area contributed by atoms with E-state index in [2.05, 4.69) is 6.92 Å². The molecule has 0 amide bonds. The van der Waals surface area contributed by atoms with Crippen molar-refractivity contribution in [2.45, 2.75) is 19.8 Å². The highest BCUT2D eigenvalue weighted by molar-refractivity contribution is 5.93. The summed E-state index contributed by atoms with van der Waals surface area (Å²) in [6, 6.07) is 12.8. The number of unbranched alkanes of at least 4 members (excludes halogenated alkanes) is 1. The molecule has 0 saturated carbocycles. The second kappa shape index (κ2) is 5.37. The molecule has 0 aliphatic rings. The molecule has 0 aliphatic heterocycles. The van der Waals surface area contributed by atoms with E-state index in [1.54, 1.807) is 18.2 Å². The first kappa shape index (κ1) is 12.7. The minimum atomic E-state index is -0.0334. The first-order valence-electron chi connectivity index (χ1n) is 6.88. The maximum atomic E-state index is 12.6. The zero-order valence-corrected chi connectivity index (χ0v) is 11.4. The topological polar surface area (TPSA) is 39.4 Å². The van der Waals surface area contributed by atoms with E-state index in [0.29, 0.717) is 34.3 Å². The minimum absolute atomic E-state index is 0.0334. The van der Waals surface area contributed by atoms with E-state index in [4.69, 9.17) is 9.15 Å². The van der Waals surface area contributed by atoms with Gasteiger partial charge in [-0.05, 0) is 30.7 Å². The van der Waals surface area contributed by atoms with Crippen LogP contribution in [0.25, 0.3) is 21.9 Å². The van der Waals surface area contributed by atoms with Gasteiger partial charge >= 0.3 is 0 Å². The van der Waals surface area contributed by atoms with Gasteiger partial charge in [-0.15, -0.1) is 0 Å². The fourth-order valence-electron chi connectivity index (χ4n) is 2.26. The van der Waals surface area contributed by atoms with Crippen molar-refractivity contribution in [3.8, 4) is 5.75 Å². The third kappa shape index (κ3) is 2.16. The second-order valence-electron chi connectivity index (χ2n) is 4.76. The van der Waals surface area contributed by atoms with Crippen molar-refractivity contribution in [2.24, 2.45) is 0 Å². The third-order valence-corrected chi connectivity index (χ3v) is 3.32. The van der Waals surface area contributed by atoms with Crippen LogP contribution >= 0.6 is 0 Å². The number of para-hydroxylation sites is 1. The first-order valence-corrected chi connectivity index (χ1v) is 6.88. The second-order valence-corrected chi connectivity index (χ2v) is 4.76. The fourth-order valence-corrected chi connectivity index (χ4v) is 2.26. The summed E-state index contributed by atoms with van der Waals surface area (Å²) >= 11 is 0. The molecule has 0 atom stereocenters. The van der Waals surface area contributed by atoms with Gasteiger partial charge in [0.1, 0.15) is 22.3 Å². The van der Waals surface area contributed by atoms with Crippen molar-refractivity contribution in [1.29, 1.82) is 0 Å². The molecular formula is C17H16O3. The van der Waals surface area contributed by atoms with Crippen LogP contribution in [0.2, 0.25) is 0 Å². The van der Waals surface area contributed by atoms with Gasteiger partial charge in [-0.25, -0.2) is 0 Å². The molecule has 2 aromatic carbocycles. The molecule has 0 unspecified atom stereocenters. The number of hydrogen-bond donors (Lipinski definition) is 0. The van der Waals surface area contributed by atoms with Crippen LogP contribution in [0.4, 0.5) is 0 Å². The Morgan fingerprint density at radius 2 is 1.85 bits per heavy atom. The predicted octanol–water partition coefficient (Wildman–Crippen LogP) is 4.13. The van der Waals surface area contributed by atoms with Gasteiger partial charge in [0.25, 0.3) is 0 Å². The van der Waals surface area contributed by atoms with Gasteiger partial charge in [0.2, 0.25) is 5.43 Å². The van der Waals surface area contributed by atoms with Crippen LogP contribution in [-0.2, 0) is 0 Å². The lowest BCUT2D eigenvalue weighted by molar-refractivity contribution is 0.312. The number of benzene rings is 2. The number of rotatable bonds is 4. The van der Waals surface area contributed by atoms with E-state index in [0.717, 1.165) is 12.8 Å². The van der Waals surface area contributed by atoms with Crippen LogP contribution in [0.3, 0.4) is 0 Å². The van der Waals surface area contributed by atoms with E-state index >= 15 is 0 Å². The van der Waals surface area contributed by atoms with Gasteiger partial charge in [-0.2, -0.15) is 0 Å². The van der Waals surface area contributed by atoms with Crippen LogP contribution in [-0.4, -0.2) is 6.61 Å². The summed E-state index contributed by atoms with van der Waals surface area (Å²) in [7, 11) is 0. The van der Waals surface area contributed by atoms with E-state index in [9.17, 15) is 4.79 Å². The van der Waals surface area contributed by atoms with Gasteiger partial charge in [-0.3, -0.25) is 4.79 Å². The van der Waals surface area contributed by atoms with Crippen molar-refractivity contribution < 1.29 is 9.15 Å². The summed E-state index contributed by atoms with van der Waals surface area (Å²) in [5.74, 6) is 0.607. The van der Waals surface area contributed by atoms with Crippen molar-refractivity contribution in [2.75, 3.05) is 6.61 Å². The Balaban J connectivity index is 2.22. The van der Waals surface area contributed by atoms with Crippen molar-refractivity contribution in [3.63, 3.8) is 0 Å². The van der Waals surface area contributed by atoms with Gasteiger partial charge in [0.15, 0.2) is 0 Å². The molecule has 0 saturated heterocycles. The highest BCUT2D eigenvalue weighted by Crippen LogP contribution is 2.26. The molecule has 3 heteroatoms. The van der Waals surface area contributed by atoms with Crippen molar-refractivity contribution in [1.82, 2.24) is 0 Å². The Morgan fingerprint density at radius 1 is 1.05 bits per heavy atom. The Labute approximate surface area is 116 Å². The molecule has 0 fully saturated rings. The van der Waals surface area contributed by atoms with Gasteiger partial charge in [0, 0.05) is 0 Å². The first-order chi connectivity index (χ1) is 9.81. The van der Waals surface area contributed by atoms with E-state index in [-0.39, 0.29) is 5.43 Å². The maximum Gasteiger partial charge on any atom is 0.204 e. The highest BCUT2D eigenvalue weighted by atomic mass is 16.5. The maximum absolute atomic E-state index is 12.6. The Kier molecular flexibility index (Phi) is 3.42. The molecule has 0 spiro atoms. The zero-order valence-electron chi connectivity index (χ0n) is 11.4. The molecule has 1 heterocycles. The molecule has 20 heavy (non-hydrogen) atoms. The lowest BCUT2D eigenvalue weighted by Gasteiger charge is -2.08. The summed E-state index contributed by atoms with van der Waals surface area (Å²) in [6.45, 7) is 2.72. The minimum Gasteiger partial charge on any atom is -0.493 e.